The summed E-state index contributed by atoms with van der Waals surface area (Å²) in [6, 6.07) is 18.7. The molecule has 0 saturated heterocycles. The van der Waals surface area contributed by atoms with Crippen LogP contribution in [0.25, 0.3) is 21.8 Å². The van der Waals surface area contributed by atoms with Crippen LogP contribution in [0.4, 0.5) is 0 Å². The molecule has 0 aliphatic carbocycles. The van der Waals surface area contributed by atoms with Crippen molar-refractivity contribution in [3.05, 3.63) is 77.6 Å². The second-order valence-electron chi connectivity index (χ2n) is 6.17. The lowest BCUT2D eigenvalue weighted by Crippen LogP contribution is -2.11. The molecule has 0 bridgehead atoms. The number of carbonyl (C=O) groups is 1. The fourth-order valence-corrected chi connectivity index (χ4v) is 3.38. The zero-order valence-corrected chi connectivity index (χ0v) is 14.4. The van der Waals surface area contributed by atoms with Crippen LogP contribution in [0.15, 0.2) is 54.7 Å². The van der Waals surface area contributed by atoms with Crippen LogP contribution in [0.5, 0.6) is 0 Å². The van der Waals surface area contributed by atoms with Gasteiger partial charge in [-0.2, -0.15) is 0 Å². The molecule has 5 heteroatoms. The molecule has 0 atom stereocenters. The number of ether oxygens (including phenoxy) is 1. The molecule has 0 spiro atoms. The van der Waals surface area contributed by atoms with Gasteiger partial charge in [-0.15, -0.1) is 0 Å². The zero-order chi connectivity index (χ0) is 18.1. The molecule has 0 saturated carbocycles. The Bertz CT molecular complexity index is 1100. The molecule has 5 nitrogen and oxygen atoms in total. The van der Waals surface area contributed by atoms with Crippen LogP contribution in [-0.4, -0.2) is 22.6 Å². The lowest BCUT2D eigenvalue weighted by molar-refractivity contribution is 0.100. The highest BCUT2D eigenvalue weighted by molar-refractivity contribution is 6.17. The minimum atomic E-state index is -0.443. The topological polar surface area (TPSA) is 70.1 Å². The van der Waals surface area contributed by atoms with Crippen molar-refractivity contribution in [1.82, 2.24) is 9.55 Å². The molecular weight excluding hydrogens is 326 g/mol. The van der Waals surface area contributed by atoms with Gasteiger partial charge < -0.3 is 15.0 Å². The van der Waals surface area contributed by atoms with Crippen molar-refractivity contribution in [1.29, 1.82) is 0 Å². The van der Waals surface area contributed by atoms with Crippen LogP contribution in [0.1, 0.15) is 21.6 Å². The van der Waals surface area contributed by atoms with Gasteiger partial charge in [-0.25, -0.2) is 0 Å². The Morgan fingerprint density at radius 3 is 2.85 bits per heavy atom. The largest absolute Gasteiger partial charge is 0.380 e. The van der Waals surface area contributed by atoms with E-state index in [1.165, 1.54) is 0 Å². The van der Waals surface area contributed by atoms with Crippen molar-refractivity contribution in [2.24, 2.45) is 5.73 Å². The summed E-state index contributed by atoms with van der Waals surface area (Å²) in [5.41, 5.74) is 9.99. The number of methoxy groups -OCH3 is 1. The van der Waals surface area contributed by atoms with Crippen molar-refractivity contribution >= 4 is 27.7 Å². The molecule has 2 N–H and O–H groups in total. The monoisotopic (exact) mass is 344 g/mol. The van der Waals surface area contributed by atoms with Crippen molar-refractivity contribution in [2.75, 3.05) is 7.11 Å². The summed E-state index contributed by atoms with van der Waals surface area (Å²) in [4.78, 5) is 16.4. The smallest absolute Gasteiger partial charge is 0.249 e. The molecule has 2 aromatic carbocycles. The third kappa shape index (κ3) is 2.72. The maximum absolute atomic E-state index is 12.0. The van der Waals surface area contributed by atoms with E-state index in [2.05, 4.69) is 21.7 Å². The van der Waals surface area contributed by atoms with Gasteiger partial charge in [0.25, 0.3) is 0 Å². The van der Waals surface area contributed by atoms with Crippen LogP contribution in [0.2, 0.25) is 0 Å². The van der Waals surface area contributed by atoms with E-state index >= 15 is 0 Å². The molecule has 2 aromatic heterocycles. The van der Waals surface area contributed by atoms with Crippen LogP contribution in [0, 0.1) is 6.07 Å². The standard InChI is InChI=1S/C21H18N3O2/c1-26-13-14-8-9-16-19(11-14)24(12-15-5-2-3-10-23-15)18-7-4-6-17(20(16)18)21(22)25/h2-8,10-11H,12-13H2,1H3,(H2,22,25). The summed E-state index contributed by atoms with van der Waals surface area (Å²) in [5.74, 6) is -0.443. The molecule has 0 unspecified atom stereocenters. The number of nitrogens with two attached hydrogens (primary N) is 1. The number of benzene rings is 2. The zero-order valence-electron chi connectivity index (χ0n) is 14.4. The first kappa shape index (κ1) is 16.3. The lowest BCUT2D eigenvalue weighted by atomic mass is 10.0. The number of aromatic nitrogens is 2. The molecule has 129 valence electrons. The maximum atomic E-state index is 12.0. The Morgan fingerprint density at radius 2 is 2.12 bits per heavy atom. The number of pyridine rings is 1. The summed E-state index contributed by atoms with van der Waals surface area (Å²) in [6.07, 6.45) is 1.78. The van der Waals surface area contributed by atoms with Crippen molar-refractivity contribution in [3.8, 4) is 0 Å². The van der Waals surface area contributed by atoms with Crippen LogP contribution in [-0.2, 0) is 17.9 Å². The number of nitrogens with zero attached hydrogens (tertiary/aromatic N) is 2. The van der Waals surface area contributed by atoms with Crippen molar-refractivity contribution in [2.45, 2.75) is 13.2 Å². The van der Waals surface area contributed by atoms with Crippen LogP contribution < -0.4 is 5.73 Å². The van der Waals surface area contributed by atoms with E-state index in [0.29, 0.717) is 18.7 Å². The number of rotatable bonds is 5. The Kier molecular flexibility index (Phi) is 4.14. The van der Waals surface area contributed by atoms with E-state index < -0.39 is 5.91 Å². The Morgan fingerprint density at radius 1 is 1.23 bits per heavy atom. The predicted molar refractivity (Wildman–Crippen MR) is 101 cm³/mol. The molecule has 1 radical (unpaired) electrons. The first-order chi connectivity index (χ1) is 12.7. The highest BCUT2D eigenvalue weighted by Crippen LogP contribution is 2.32. The third-order valence-electron chi connectivity index (χ3n) is 4.48. The summed E-state index contributed by atoms with van der Waals surface area (Å²) < 4.78 is 7.40. The van der Waals surface area contributed by atoms with E-state index in [1.54, 1.807) is 19.4 Å². The van der Waals surface area contributed by atoms with Gasteiger partial charge in [-0.1, -0.05) is 12.1 Å². The summed E-state index contributed by atoms with van der Waals surface area (Å²) in [5, 5.41) is 1.71. The van der Waals surface area contributed by atoms with Crippen LogP contribution in [0.3, 0.4) is 0 Å². The molecule has 0 fully saturated rings. The summed E-state index contributed by atoms with van der Waals surface area (Å²) in [6.45, 7) is 1.09. The number of hydrogen-bond donors (Lipinski definition) is 1. The number of amides is 1. The molecule has 0 aliphatic heterocycles. The molecule has 26 heavy (non-hydrogen) atoms. The van der Waals surface area contributed by atoms with Gasteiger partial charge in [0.05, 0.1) is 29.9 Å². The Labute approximate surface area is 151 Å². The molecule has 4 rings (SSSR count). The van der Waals surface area contributed by atoms with Gasteiger partial charge in [-0.3, -0.25) is 9.78 Å². The Hall–Kier alpha value is -3.18. The van der Waals surface area contributed by atoms with Crippen LogP contribution >= 0.6 is 0 Å². The van der Waals surface area contributed by atoms with E-state index in [9.17, 15) is 4.79 Å². The molecule has 1 amide bonds. The summed E-state index contributed by atoms with van der Waals surface area (Å²) >= 11 is 0. The average Bonchev–Trinajstić information content (AvgIpc) is 2.96. The van der Waals surface area contributed by atoms with E-state index in [0.717, 1.165) is 33.1 Å². The fourth-order valence-electron chi connectivity index (χ4n) is 3.38. The van der Waals surface area contributed by atoms with E-state index in [4.69, 9.17) is 10.5 Å². The van der Waals surface area contributed by atoms with Crippen molar-refractivity contribution in [3.63, 3.8) is 0 Å². The number of carbonyl (C=O) groups excluding carboxylic acids is 1. The van der Waals surface area contributed by atoms with E-state index in [-0.39, 0.29) is 0 Å². The number of hydrogen-bond acceptors (Lipinski definition) is 3. The second kappa shape index (κ2) is 6.61. The van der Waals surface area contributed by atoms with E-state index in [1.807, 2.05) is 36.4 Å². The third-order valence-corrected chi connectivity index (χ3v) is 4.48. The first-order valence-corrected chi connectivity index (χ1v) is 8.33. The SMILES string of the molecule is COCc1c[c]c2c3c(C(N)=O)cccc3n(Cc3ccccn3)c2c1. The maximum Gasteiger partial charge on any atom is 0.249 e. The minimum absolute atomic E-state index is 0.443. The Balaban J connectivity index is 2.03. The van der Waals surface area contributed by atoms with Crippen molar-refractivity contribution < 1.29 is 9.53 Å². The molecule has 2 heterocycles. The summed E-state index contributed by atoms with van der Waals surface area (Å²) in [7, 11) is 1.67. The lowest BCUT2D eigenvalue weighted by Gasteiger charge is -2.08. The number of primary amides is 1. The second-order valence-corrected chi connectivity index (χ2v) is 6.17. The normalized spacial score (nSPS) is 11.3. The first-order valence-electron chi connectivity index (χ1n) is 8.33. The van der Waals surface area contributed by atoms with Gasteiger partial charge in [0.15, 0.2) is 0 Å². The highest BCUT2D eigenvalue weighted by Gasteiger charge is 2.17. The highest BCUT2D eigenvalue weighted by atomic mass is 16.5. The molecule has 4 aromatic rings. The number of fused-ring (bicyclic) bond motifs is 3. The average molecular weight is 344 g/mol. The van der Waals surface area contributed by atoms with Gasteiger partial charge >= 0.3 is 0 Å². The van der Waals surface area contributed by atoms with Gasteiger partial charge in [-0.05, 0) is 48.0 Å². The predicted octanol–water partition coefficient (Wildman–Crippen LogP) is 3.28. The molecular formula is C21H18N3O2. The fraction of sp³-hybridized carbons (Fsp3) is 0.143. The quantitative estimate of drug-likeness (QED) is 0.604. The van der Waals surface area contributed by atoms with Gasteiger partial charge in [0.2, 0.25) is 5.91 Å². The van der Waals surface area contributed by atoms with Gasteiger partial charge in [0, 0.05) is 29.6 Å². The van der Waals surface area contributed by atoms with Gasteiger partial charge in [0.1, 0.15) is 0 Å². The molecule has 0 aliphatic rings. The minimum Gasteiger partial charge on any atom is -0.380 e.